The molecule has 0 aromatic heterocycles. The van der Waals surface area contributed by atoms with E-state index in [0.717, 1.165) is 0 Å². The van der Waals surface area contributed by atoms with E-state index in [0.29, 0.717) is 11.3 Å². The second-order valence-corrected chi connectivity index (χ2v) is 4.48. The summed E-state index contributed by atoms with van der Waals surface area (Å²) in [6, 6.07) is 9.96. The molecule has 4 nitrogen and oxygen atoms in total. The second-order valence-electron chi connectivity index (χ2n) is 4.48. The zero-order chi connectivity index (χ0) is 15.4. The van der Waals surface area contributed by atoms with E-state index in [9.17, 15) is 14.3 Å². The molecule has 1 atom stereocenters. The lowest BCUT2D eigenvalue weighted by Gasteiger charge is -2.14. The van der Waals surface area contributed by atoms with Gasteiger partial charge in [-0.15, -0.1) is 0 Å². The number of rotatable bonds is 4. The van der Waals surface area contributed by atoms with E-state index in [1.165, 1.54) is 37.4 Å². The fraction of sp³-hybridized carbons (Fsp3) is 0.188. The Bertz CT molecular complexity index is 637. The SMILES string of the molecule is COc1ccc(O)c(C(=O)OC(C)c2ccc(F)cc2)c1. The van der Waals surface area contributed by atoms with Gasteiger partial charge in [0.15, 0.2) is 0 Å². The van der Waals surface area contributed by atoms with Gasteiger partial charge in [0.1, 0.15) is 29.0 Å². The lowest BCUT2D eigenvalue weighted by atomic mass is 10.1. The van der Waals surface area contributed by atoms with Crippen molar-refractivity contribution in [2.75, 3.05) is 7.11 Å². The molecule has 2 aromatic carbocycles. The quantitative estimate of drug-likeness (QED) is 0.876. The first-order valence-corrected chi connectivity index (χ1v) is 6.34. The molecule has 0 heterocycles. The summed E-state index contributed by atoms with van der Waals surface area (Å²) < 4.78 is 23.1. The van der Waals surface area contributed by atoms with Crippen LogP contribution in [0.1, 0.15) is 28.9 Å². The van der Waals surface area contributed by atoms with Crippen LogP contribution in [0.5, 0.6) is 11.5 Å². The molecule has 21 heavy (non-hydrogen) atoms. The van der Waals surface area contributed by atoms with Crippen LogP contribution in [0.3, 0.4) is 0 Å². The molecule has 0 bridgehead atoms. The summed E-state index contributed by atoms with van der Waals surface area (Å²) in [6.07, 6.45) is -0.566. The number of halogens is 1. The number of hydrogen-bond donors (Lipinski definition) is 1. The van der Waals surface area contributed by atoms with Crippen molar-refractivity contribution in [2.24, 2.45) is 0 Å². The number of benzene rings is 2. The summed E-state index contributed by atoms with van der Waals surface area (Å²) in [5.41, 5.74) is 0.676. The normalized spacial score (nSPS) is 11.8. The van der Waals surface area contributed by atoms with Crippen LogP contribution in [0.2, 0.25) is 0 Å². The molecule has 1 N–H and O–H groups in total. The number of carbonyl (C=O) groups excluding carboxylic acids is 1. The molecule has 0 fully saturated rings. The van der Waals surface area contributed by atoms with Crippen LogP contribution in [-0.2, 0) is 4.74 Å². The molecule has 0 aliphatic heterocycles. The van der Waals surface area contributed by atoms with Crippen LogP contribution in [0, 0.1) is 5.82 Å². The summed E-state index contributed by atoms with van der Waals surface area (Å²) in [5, 5.41) is 9.71. The fourth-order valence-corrected chi connectivity index (χ4v) is 1.83. The van der Waals surface area contributed by atoms with Crippen molar-refractivity contribution in [1.29, 1.82) is 0 Å². The van der Waals surface area contributed by atoms with Crippen molar-refractivity contribution in [2.45, 2.75) is 13.0 Å². The molecule has 5 heteroatoms. The highest BCUT2D eigenvalue weighted by Crippen LogP contribution is 2.26. The average molecular weight is 290 g/mol. The molecule has 2 aromatic rings. The molecule has 0 aliphatic rings. The topological polar surface area (TPSA) is 55.8 Å². The zero-order valence-electron chi connectivity index (χ0n) is 11.7. The van der Waals surface area contributed by atoms with Crippen molar-refractivity contribution in [3.63, 3.8) is 0 Å². The Hall–Kier alpha value is -2.56. The third-order valence-electron chi connectivity index (χ3n) is 3.05. The first-order chi connectivity index (χ1) is 10.0. The van der Waals surface area contributed by atoms with E-state index in [1.54, 1.807) is 19.1 Å². The van der Waals surface area contributed by atoms with Gasteiger partial charge in [-0.3, -0.25) is 0 Å². The Morgan fingerprint density at radius 3 is 2.48 bits per heavy atom. The molecule has 0 spiro atoms. The summed E-state index contributed by atoms with van der Waals surface area (Å²) in [7, 11) is 1.46. The zero-order valence-corrected chi connectivity index (χ0v) is 11.7. The number of phenols is 1. The third-order valence-corrected chi connectivity index (χ3v) is 3.05. The van der Waals surface area contributed by atoms with Gasteiger partial charge < -0.3 is 14.6 Å². The first kappa shape index (κ1) is 14.8. The minimum absolute atomic E-state index is 0.0170. The lowest BCUT2D eigenvalue weighted by molar-refractivity contribution is 0.0334. The Kier molecular flexibility index (Phi) is 4.42. The Morgan fingerprint density at radius 1 is 1.19 bits per heavy atom. The highest BCUT2D eigenvalue weighted by molar-refractivity contribution is 5.93. The van der Waals surface area contributed by atoms with Gasteiger partial charge in [-0.1, -0.05) is 12.1 Å². The number of methoxy groups -OCH3 is 1. The van der Waals surface area contributed by atoms with E-state index in [4.69, 9.17) is 9.47 Å². The number of hydrogen-bond acceptors (Lipinski definition) is 4. The van der Waals surface area contributed by atoms with Crippen LogP contribution < -0.4 is 4.74 Å². The minimum atomic E-state index is -0.678. The number of carbonyl (C=O) groups is 1. The number of ether oxygens (including phenoxy) is 2. The number of phenolic OH excluding ortho intramolecular Hbond substituents is 1. The van der Waals surface area contributed by atoms with Crippen LogP contribution in [-0.4, -0.2) is 18.2 Å². The molecule has 0 saturated heterocycles. The maximum absolute atomic E-state index is 12.9. The van der Waals surface area contributed by atoms with Crippen LogP contribution in [0.15, 0.2) is 42.5 Å². The molecule has 0 radical (unpaired) electrons. The Morgan fingerprint density at radius 2 is 1.86 bits per heavy atom. The average Bonchev–Trinajstić information content (AvgIpc) is 2.48. The van der Waals surface area contributed by atoms with Gasteiger partial charge in [0.05, 0.1) is 7.11 Å². The summed E-state index contributed by atoms with van der Waals surface area (Å²) >= 11 is 0. The van der Waals surface area contributed by atoms with Gasteiger partial charge in [0, 0.05) is 0 Å². The van der Waals surface area contributed by atoms with Crippen LogP contribution in [0.25, 0.3) is 0 Å². The highest BCUT2D eigenvalue weighted by Gasteiger charge is 2.18. The smallest absolute Gasteiger partial charge is 0.342 e. The summed E-state index contributed by atoms with van der Waals surface area (Å²) in [4.78, 5) is 12.1. The van der Waals surface area contributed by atoms with Gasteiger partial charge in [0.25, 0.3) is 0 Å². The van der Waals surface area contributed by atoms with Gasteiger partial charge >= 0.3 is 5.97 Å². The van der Waals surface area contributed by atoms with Crippen LogP contribution in [0.4, 0.5) is 4.39 Å². The first-order valence-electron chi connectivity index (χ1n) is 6.34. The van der Waals surface area contributed by atoms with Gasteiger partial charge in [-0.2, -0.15) is 0 Å². The second kappa shape index (κ2) is 6.26. The van der Waals surface area contributed by atoms with Crippen molar-refractivity contribution < 1.29 is 23.8 Å². The van der Waals surface area contributed by atoms with Crippen molar-refractivity contribution >= 4 is 5.97 Å². The van der Waals surface area contributed by atoms with E-state index in [2.05, 4.69) is 0 Å². The van der Waals surface area contributed by atoms with Crippen molar-refractivity contribution in [1.82, 2.24) is 0 Å². The van der Waals surface area contributed by atoms with Crippen LogP contribution >= 0.6 is 0 Å². The fourth-order valence-electron chi connectivity index (χ4n) is 1.83. The predicted molar refractivity (Wildman–Crippen MR) is 74.9 cm³/mol. The summed E-state index contributed by atoms with van der Waals surface area (Å²) in [6.45, 7) is 1.67. The largest absolute Gasteiger partial charge is 0.507 e. The molecule has 0 aliphatic carbocycles. The Balaban J connectivity index is 2.15. The monoisotopic (exact) mass is 290 g/mol. The van der Waals surface area contributed by atoms with Crippen molar-refractivity contribution in [3.8, 4) is 11.5 Å². The maximum atomic E-state index is 12.9. The third kappa shape index (κ3) is 3.51. The Labute approximate surface area is 121 Å². The molecule has 1 unspecified atom stereocenters. The number of esters is 1. The van der Waals surface area contributed by atoms with Gasteiger partial charge in [-0.25, -0.2) is 9.18 Å². The lowest BCUT2D eigenvalue weighted by Crippen LogP contribution is -2.09. The molecular formula is C16H15FO4. The molecule has 110 valence electrons. The summed E-state index contributed by atoms with van der Waals surface area (Å²) in [5.74, 6) is -0.785. The van der Waals surface area contributed by atoms with Crippen molar-refractivity contribution in [3.05, 3.63) is 59.4 Å². The minimum Gasteiger partial charge on any atom is -0.507 e. The van der Waals surface area contributed by atoms with Gasteiger partial charge in [-0.05, 0) is 42.8 Å². The van der Waals surface area contributed by atoms with E-state index in [1.807, 2.05) is 0 Å². The predicted octanol–water partition coefficient (Wildman–Crippen LogP) is 3.46. The molecule has 0 amide bonds. The molecular weight excluding hydrogens is 275 g/mol. The standard InChI is InChI=1S/C16H15FO4/c1-10(11-3-5-12(17)6-4-11)21-16(19)14-9-13(20-2)7-8-15(14)18/h3-10,18H,1-2H3. The molecule has 0 saturated carbocycles. The van der Waals surface area contributed by atoms with Gasteiger partial charge in [0.2, 0.25) is 0 Å². The maximum Gasteiger partial charge on any atom is 0.342 e. The highest BCUT2D eigenvalue weighted by atomic mass is 19.1. The van der Waals surface area contributed by atoms with E-state index >= 15 is 0 Å². The molecule has 2 rings (SSSR count). The van der Waals surface area contributed by atoms with E-state index in [-0.39, 0.29) is 17.1 Å². The van der Waals surface area contributed by atoms with E-state index < -0.39 is 12.1 Å². The number of aromatic hydroxyl groups is 1.